The van der Waals surface area contributed by atoms with E-state index in [1.807, 2.05) is 12.1 Å². The average molecular weight is 833 g/mol. The maximum atomic E-state index is 10.1. The predicted octanol–water partition coefficient (Wildman–Crippen LogP) is 16.9. The molecule has 4 nitrogen and oxygen atoms in total. The lowest BCUT2D eigenvalue weighted by Gasteiger charge is -2.29. The van der Waals surface area contributed by atoms with Crippen molar-refractivity contribution in [3.8, 4) is 11.5 Å². The highest BCUT2D eigenvalue weighted by molar-refractivity contribution is 6.79. The van der Waals surface area contributed by atoms with Gasteiger partial charge in [0.2, 0.25) is 0 Å². The van der Waals surface area contributed by atoms with Crippen LogP contribution in [0.4, 0.5) is 11.4 Å². The third-order valence-corrected chi connectivity index (χ3v) is 18.7. The zero-order chi connectivity index (χ0) is 43.9. The van der Waals surface area contributed by atoms with Gasteiger partial charge in [-0.05, 0) is 152 Å². The number of aryl methyl sites for hydroxylation is 5. The molecule has 4 aromatic rings. The number of phenolic OH excluding ortho intramolecular Hbond substituents is 2. The van der Waals surface area contributed by atoms with E-state index in [0.29, 0.717) is 0 Å². The molecule has 0 unspecified atom stereocenters. The van der Waals surface area contributed by atoms with E-state index in [4.69, 9.17) is 9.98 Å². The monoisotopic (exact) mass is 833 g/mol. The van der Waals surface area contributed by atoms with Gasteiger partial charge in [0.15, 0.2) is 11.5 Å². The fourth-order valence-corrected chi connectivity index (χ4v) is 12.0. The molecule has 0 aromatic heterocycles. The van der Waals surface area contributed by atoms with Crippen LogP contribution in [0.3, 0.4) is 0 Å². The number of aliphatic imine (C=N–C) groups is 2. The first kappa shape index (κ1) is 50.7. The highest BCUT2D eigenvalue weighted by atomic mass is 28.3. The molecule has 0 amide bonds. The Balaban J connectivity index is 0.000000369. The van der Waals surface area contributed by atoms with Crippen LogP contribution in [0.25, 0.3) is 10.8 Å². The molecule has 0 saturated carbocycles. The lowest BCUT2D eigenvalue weighted by Crippen LogP contribution is -2.35. The van der Waals surface area contributed by atoms with Crippen LogP contribution in [-0.2, 0) is 38.1 Å². The fraction of sp³-hybridized carbons (Fsp3) is 0.564. The van der Waals surface area contributed by atoms with Crippen LogP contribution in [0.15, 0.2) is 70.6 Å². The molecular formula is C55H84N2O2Si. The summed E-state index contributed by atoms with van der Waals surface area (Å²) in [5.41, 5.74) is 13.3. The summed E-state index contributed by atoms with van der Waals surface area (Å²) in [4.78, 5) is 10.5. The Morgan fingerprint density at radius 1 is 0.483 bits per heavy atom. The smallest absolute Gasteiger partial charge is 0.165 e. The van der Waals surface area contributed by atoms with Gasteiger partial charge < -0.3 is 10.2 Å². The molecule has 0 aliphatic rings. The van der Waals surface area contributed by atoms with Gasteiger partial charge in [0.05, 0.1) is 30.9 Å². The van der Waals surface area contributed by atoms with Gasteiger partial charge in [0.1, 0.15) is 0 Å². The maximum absolute atomic E-state index is 10.1. The second-order valence-electron chi connectivity index (χ2n) is 17.2. The van der Waals surface area contributed by atoms with Gasteiger partial charge in [0.25, 0.3) is 0 Å². The van der Waals surface area contributed by atoms with E-state index in [1.165, 1.54) is 134 Å². The first-order valence-electron chi connectivity index (χ1n) is 24.5. The van der Waals surface area contributed by atoms with Crippen molar-refractivity contribution in [2.75, 3.05) is 0 Å². The molecule has 5 heteroatoms. The Bertz CT molecular complexity index is 1930. The number of rotatable bonds is 25. The second-order valence-corrected chi connectivity index (χ2v) is 22.7. The Hall–Kier alpha value is -3.70. The van der Waals surface area contributed by atoms with Gasteiger partial charge in [-0.3, -0.25) is 9.98 Å². The first-order valence-corrected chi connectivity index (χ1v) is 27.3. The second kappa shape index (κ2) is 27.3. The van der Waals surface area contributed by atoms with Gasteiger partial charge in [-0.15, -0.1) is 0 Å². The van der Waals surface area contributed by atoms with Crippen molar-refractivity contribution in [3.05, 3.63) is 94.0 Å². The van der Waals surface area contributed by atoms with Crippen LogP contribution in [0.5, 0.6) is 11.5 Å². The molecule has 0 atom stereocenters. The van der Waals surface area contributed by atoms with E-state index < -0.39 is 8.07 Å². The first-order chi connectivity index (χ1) is 29.1. The van der Waals surface area contributed by atoms with E-state index in [9.17, 15) is 10.2 Å². The number of nitrogens with zero attached hydrogens (tertiary/aromatic N) is 2. The zero-order valence-corrected chi connectivity index (χ0v) is 40.9. The fourth-order valence-electron chi connectivity index (χ4n) is 8.65. The van der Waals surface area contributed by atoms with E-state index >= 15 is 0 Å². The quantitative estimate of drug-likeness (QED) is 0.0397. The van der Waals surface area contributed by atoms with Crippen LogP contribution >= 0.6 is 0 Å². The number of fused-ring (bicyclic) bond motifs is 1. The highest BCUT2D eigenvalue weighted by Gasteiger charge is 2.28. The van der Waals surface area contributed by atoms with Gasteiger partial charge in [-0.25, -0.2) is 0 Å². The van der Waals surface area contributed by atoms with Gasteiger partial charge in [0, 0.05) is 5.39 Å². The van der Waals surface area contributed by atoms with Crippen molar-refractivity contribution >= 4 is 41.6 Å². The Labute approximate surface area is 368 Å². The number of unbranched alkanes of at least 4 members (excludes halogenated alkanes) is 5. The lowest BCUT2D eigenvalue weighted by atomic mass is 9.97. The standard InChI is InChI=1S/C36H56N2.C19H28O2Si/c1-7-13-18-29-23-25-33(27-31(29)20-15-9-3)37-35(12-6)36(22-17-11-5)38-34-26-24-30(19-14-8-2)32(28-34)21-16-10-4;1-5-15-14(13-22(6-2,7-3)8-4)9-10-17-16(15)11-12-18(20)19(17)21/h23-28H,7-22H2,1-6H3;9-12,20-21H,5-8,13H2,1-4H3. The number of phenols is 2. The van der Waals surface area contributed by atoms with Crippen LogP contribution < -0.4 is 0 Å². The summed E-state index contributed by atoms with van der Waals surface area (Å²) in [5, 5.41) is 21.7. The normalized spacial score (nSPS) is 12.2. The summed E-state index contributed by atoms with van der Waals surface area (Å²) < 4.78 is 0. The van der Waals surface area contributed by atoms with E-state index in [1.54, 1.807) is 6.07 Å². The number of aromatic hydroxyl groups is 2. The highest BCUT2D eigenvalue weighted by Crippen LogP contribution is 2.38. The molecule has 0 fully saturated rings. The Morgan fingerprint density at radius 3 is 1.38 bits per heavy atom. The molecular weight excluding hydrogens is 749 g/mol. The summed E-state index contributed by atoms with van der Waals surface area (Å²) in [6.45, 7) is 22.8. The van der Waals surface area contributed by atoms with Crippen LogP contribution in [0.1, 0.15) is 180 Å². The SMILES string of the molecule is CCCCC(=Nc1ccc(CCCC)c(CCCC)c1)C(CC)=Nc1ccc(CCCC)c(CCCC)c1.CCc1c(C[Si](CC)(CC)CC)ccc2c(O)c(O)ccc12. The third-order valence-electron chi connectivity index (χ3n) is 13.1. The average Bonchev–Trinajstić information content (AvgIpc) is 3.27. The number of hydrogen-bond donors (Lipinski definition) is 2. The molecule has 4 aromatic carbocycles. The van der Waals surface area contributed by atoms with Gasteiger partial charge >= 0.3 is 0 Å². The summed E-state index contributed by atoms with van der Waals surface area (Å²) in [5.74, 6) is -0.0366. The van der Waals surface area contributed by atoms with Gasteiger partial charge in [-0.2, -0.15) is 0 Å². The molecule has 60 heavy (non-hydrogen) atoms. The minimum atomic E-state index is -1.23. The minimum Gasteiger partial charge on any atom is -0.504 e. The van der Waals surface area contributed by atoms with Gasteiger partial charge in [-0.1, -0.05) is 150 Å². The third kappa shape index (κ3) is 14.7. The summed E-state index contributed by atoms with van der Waals surface area (Å²) in [6.07, 6.45) is 19.8. The van der Waals surface area contributed by atoms with Crippen molar-refractivity contribution in [1.82, 2.24) is 0 Å². The largest absolute Gasteiger partial charge is 0.504 e. The molecule has 0 aliphatic carbocycles. The van der Waals surface area contributed by atoms with E-state index in [2.05, 4.69) is 112 Å². The molecule has 0 bridgehead atoms. The van der Waals surface area contributed by atoms with Crippen molar-refractivity contribution in [2.24, 2.45) is 9.98 Å². The minimum absolute atomic E-state index is 0.00346. The summed E-state index contributed by atoms with van der Waals surface area (Å²) in [6, 6.07) is 26.8. The van der Waals surface area contributed by atoms with E-state index in [-0.39, 0.29) is 11.5 Å². The Morgan fingerprint density at radius 2 is 0.933 bits per heavy atom. The molecule has 0 saturated heterocycles. The van der Waals surface area contributed by atoms with Crippen molar-refractivity contribution in [3.63, 3.8) is 0 Å². The van der Waals surface area contributed by atoms with Crippen molar-refractivity contribution in [2.45, 2.75) is 203 Å². The Kier molecular flexibility index (Phi) is 23.0. The maximum Gasteiger partial charge on any atom is 0.165 e. The van der Waals surface area contributed by atoms with Crippen LogP contribution in [-0.4, -0.2) is 29.7 Å². The lowest BCUT2D eigenvalue weighted by molar-refractivity contribution is 0.408. The van der Waals surface area contributed by atoms with Crippen LogP contribution in [0, 0.1) is 0 Å². The van der Waals surface area contributed by atoms with E-state index in [0.717, 1.165) is 66.4 Å². The molecule has 0 aliphatic heterocycles. The molecule has 0 spiro atoms. The summed E-state index contributed by atoms with van der Waals surface area (Å²) >= 11 is 0. The number of benzene rings is 4. The number of hydrogen-bond acceptors (Lipinski definition) is 4. The molecule has 2 N–H and O–H groups in total. The zero-order valence-electron chi connectivity index (χ0n) is 39.9. The van der Waals surface area contributed by atoms with Crippen LogP contribution in [0.2, 0.25) is 18.1 Å². The molecule has 330 valence electrons. The molecule has 4 rings (SSSR count). The van der Waals surface area contributed by atoms with Crippen molar-refractivity contribution in [1.29, 1.82) is 0 Å². The topological polar surface area (TPSA) is 65.2 Å². The van der Waals surface area contributed by atoms with Crippen molar-refractivity contribution < 1.29 is 10.2 Å². The molecule has 0 heterocycles. The predicted molar refractivity (Wildman–Crippen MR) is 269 cm³/mol. The summed E-state index contributed by atoms with van der Waals surface area (Å²) in [7, 11) is -1.23. The molecule has 0 radical (unpaired) electrons.